The summed E-state index contributed by atoms with van der Waals surface area (Å²) in [5.74, 6) is -0.00232. The van der Waals surface area contributed by atoms with E-state index in [0.29, 0.717) is 12.2 Å². The molecule has 1 N–H and O–H groups in total. The highest BCUT2D eigenvalue weighted by Gasteiger charge is 2.20. The van der Waals surface area contributed by atoms with E-state index < -0.39 is 21.6 Å². The molecule has 0 radical (unpaired) electrons. The number of nitro benzene ring substituents is 1. The van der Waals surface area contributed by atoms with Gasteiger partial charge < -0.3 is 5.32 Å². The van der Waals surface area contributed by atoms with E-state index in [1.807, 2.05) is 0 Å². The Bertz CT molecular complexity index is 550. The lowest BCUT2D eigenvalue weighted by Crippen LogP contribution is -2.33. The van der Waals surface area contributed by atoms with E-state index in [9.17, 15) is 19.1 Å². The lowest BCUT2D eigenvalue weighted by Gasteiger charge is -2.13. The average molecular weight is 319 g/mol. The second kappa shape index (κ2) is 7.35. The third-order valence-electron chi connectivity index (χ3n) is 2.64. The molecule has 0 aliphatic heterocycles. The number of benzene rings is 1. The summed E-state index contributed by atoms with van der Waals surface area (Å²) in [6.45, 7) is 1.77. The van der Waals surface area contributed by atoms with Crippen molar-refractivity contribution in [3.05, 3.63) is 38.9 Å². The molecule has 0 spiro atoms. The molecular formula is C12H15ClN2O4S. The molecule has 0 saturated heterocycles. The lowest BCUT2D eigenvalue weighted by molar-refractivity contribution is -0.384. The van der Waals surface area contributed by atoms with Crippen molar-refractivity contribution >= 4 is 34.0 Å². The summed E-state index contributed by atoms with van der Waals surface area (Å²) >= 11 is 5.86. The van der Waals surface area contributed by atoms with Crippen LogP contribution in [-0.2, 0) is 10.8 Å². The number of halogens is 1. The van der Waals surface area contributed by atoms with Gasteiger partial charge in [-0.2, -0.15) is 0 Å². The number of rotatable bonds is 6. The van der Waals surface area contributed by atoms with Crippen molar-refractivity contribution in [1.82, 2.24) is 5.32 Å². The molecule has 1 aromatic carbocycles. The Balaban J connectivity index is 2.80. The van der Waals surface area contributed by atoms with Crippen LogP contribution >= 0.6 is 11.6 Å². The number of nitrogens with one attached hydrogen (secondary N) is 1. The molecule has 0 bridgehead atoms. The second-order valence-electron chi connectivity index (χ2n) is 4.34. The van der Waals surface area contributed by atoms with E-state index in [1.54, 1.807) is 13.2 Å². The van der Waals surface area contributed by atoms with Gasteiger partial charge in [0.2, 0.25) is 0 Å². The Kier molecular flexibility index (Phi) is 6.09. The van der Waals surface area contributed by atoms with Crippen molar-refractivity contribution in [2.75, 3.05) is 12.0 Å². The number of hydrogen-bond donors (Lipinski definition) is 1. The average Bonchev–Trinajstić information content (AvgIpc) is 2.36. The first-order valence-corrected chi connectivity index (χ1v) is 7.97. The van der Waals surface area contributed by atoms with Crippen molar-refractivity contribution in [3.63, 3.8) is 0 Å². The van der Waals surface area contributed by atoms with Gasteiger partial charge in [-0.05, 0) is 19.4 Å². The molecule has 20 heavy (non-hydrogen) atoms. The number of amides is 1. The summed E-state index contributed by atoms with van der Waals surface area (Å²) in [4.78, 5) is 22.1. The first-order valence-electron chi connectivity index (χ1n) is 5.86. The maximum atomic E-state index is 12.0. The lowest BCUT2D eigenvalue weighted by atomic mass is 10.1. The normalized spacial score (nSPS) is 13.6. The van der Waals surface area contributed by atoms with Gasteiger partial charge >= 0.3 is 0 Å². The van der Waals surface area contributed by atoms with E-state index in [1.165, 1.54) is 18.2 Å². The van der Waals surface area contributed by atoms with E-state index in [2.05, 4.69) is 5.32 Å². The standard InChI is InChI=1S/C12H15ClN2O4S/c1-8(6-7-20(2)19)14-12(16)9-4-3-5-10(11(9)13)15(17)18/h3-5,8H,6-7H2,1-2H3,(H,14,16). The highest BCUT2D eigenvalue weighted by atomic mass is 35.5. The quantitative estimate of drug-likeness (QED) is 0.642. The molecule has 0 heterocycles. The molecule has 0 fully saturated rings. The van der Waals surface area contributed by atoms with E-state index in [0.717, 1.165) is 0 Å². The zero-order valence-corrected chi connectivity index (χ0v) is 12.7. The smallest absolute Gasteiger partial charge is 0.288 e. The number of nitrogens with zero attached hydrogens (tertiary/aromatic N) is 1. The van der Waals surface area contributed by atoms with Crippen LogP contribution in [0.3, 0.4) is 0 Å². The molecule has 1 aromatic rings. The first-order chi connectivity index (χ1) is 9.32. The van der Waals surface area contributed by atoms with Crippen LogP contribution in [0.2, 0.25) is 5.02 Å². The van der Waals surface area contributed by atoms with Crippen LogP contribution in [0.25, 0.3) is 0 Å². The molecule has 0 saturated carbocycles. The fourth-order valence-corrected chi connectivity index (χ4v) is 2.52. The summed E-state index contributed by atoms with van der Waals surface area (Å²) < 4.78 is 11.0. The summed E-state index contributed by atoms with van der Waals surface area (Å²) in [5, 5.41) is 13.3. The molecule has 1 rings (SSSR count). The molecule has 0 aliphatic carbocycles. The van der Waals surface area contributed by atoms with Gasteiger partial charge in [0.25, 0.3) is 11.6 Å². The minimum absolute atomic E-state index is 0.0605. The van der Waals surface area contributed by atoms with Gasteiger partial charge in [-0.25, -0.2) is 0 Å². The Hall–Kier alpha value is -1.47. The second-order valence-corrected chi connectivity index (χ2v) is 6.27. The van der Waals surface area contributed by atoms with Gasteiger partial charge in [0.15, 0.2) is 0 Å². The highest BCUT2D eigenvalue weighted by molar-refractivity contribution is 7.84. The van der Waals surface area contributed by atoms with Gasteiger partial charge in [-0.15, -0.1) is 0 Å². The van der Waals surface area contributed by atoms with Crippen LogP contribution in [0.1, 0.15) is 23.7 Å². The zero-order chi connectivity index (χ0) is 15.3. The molecule has 8 heteroatoms. The van der Waals surface area contributed by atoms with Gasteiger partial charge in [0.1, 0.15) is 5.02 Å². The van der Waals surface area contributed by atoms with Gasteiger partial charge in [0.05, 0.1) is 10.5 Å². The zero-order valence-electron chi connectivity index (χ0n) is 11.1. The number of carbonyl (C=O) groups is 1. The molecular weight excluding hydrogens is 304 g/mol. The molecule has 0 aromatic heterocycles. The molecule has 2 unspecified atom stereocenters. The Morgan fingerprint density at radius 2 is 2.20 bits per heavy atom. The Morgan fingerprint density at radius 1 is 1.55 bits per heavy atom. The van der Waals surface area contributed by atoms with Gasteiger partial charge in [-0.1, -0.05) is 17.7 Å². The summed E-state index contributed by atoms with van der Waals surface area (Å²) in [6, 6.07) is 3.88. The van der Waals surface area contributed by atoms with Crippen LogP contribution < -0.4 is 5.32 Å². The molecule has 2 atom stereocenters. The SMILES string of the molecule is CC(CCS(C)=O)NC(=O)c1cccc([N+](=O)[O-])c1Cl. The molecule has 1 amide bonds. The predicted molar refractivity (Wildman–Crippen MR) is 78.6 cm³/mol. The Labute approximate surface area is 124 Å². The van der Waals surface area contributed by atoms with Crippen LogP contribution in [-0.4, -0.2) is 33.1 Å². The minimum atomic E-state index is -0.926. The largest absolute Gasteiger partial charge is 0.350 e. The molecule has 6 nitrogen and oxygen atoms in total. The van der Waals surface area contributed by atoms with Crippen molar-refractivity contribution in [2.45, 2.75) is 19.4 Å². The van der Waals surface area contributed by atoms with Crippen LogP contribution in [0.4, 0.5) is 5.69 Å². The van der Waals surface area contributed by atoms with E-state index in [4.69, 9.17) is 11.6 Å². The predicted octanol–water partition coefficient (Wildman–Crippen LogP) is 2.14. The maximum absolute atomic E-state index is 12.0. The van der Waals surface area contributed by atoms with Gasteiger partial charge in [0, 0.05) is 34.9 Å². The maximum Gasteiger partial charge on any atom is 0.288 e. The first kappa shape index (κ1) is 16.6. The molecule has 0 aliphatic rings. The number of nitro groups is 1. The third-order valence-corrected chi connectivity index (χ3v) is 3.84. The summed E-state index contributed by atoms with van der Waals surface area (Å²) in [7, 11) is -0.926. The fourth-order valence-electron chi connectivity index (χ4n) is 1.55. The minimum Gasteiger partial charge on any atom is -0.350 e. The molecule has 110 valence electrons. The van der Waals surface area contributed by atoms with Crippen LogP contribution in [0, 0.1) is 10.1 Å². The monoisotopic (exact) mass is 318 g/mol. The fraction of sp³-hybridized carbons (Fsp3) is 0.417. The van der Waals surface area contributed by atoms with Crippen molar-refractivity contribution < 1.29 is 13.9 Å². The highest BCUT2D eigenvalue weighted by Crippen LogP contribution is 2.27. The van der Waals surface area contributed by atoms with Crippen LogP contribution in [0.15, 0.2) is 18.2 Å². The van der Waals surface area contributed by atoms with Gasteiger partial charge in [-0.3, -0.25) is 19.1 Å². The van der Waals surface area contributed by atoms with E-state index in [-0.39, 0.29) is 22.3 Å². The van der Waals surface area contributed by atoms with Crippen molar-refractivity contribution in [2.24, 2.45) is 0 Å². The Morgan fingerprint density at radius 3 is 2.75 bits per heavy atom. The van der Waals surface area contributed by atoms with E-state index >= 15 is 0 Å². The van der Waals surface area contributed by atoms with Crippen molar-refractivity contribution in [3.8, 4) is 0 Å². The summed E-state index contributed by atoms with van der Waals surface area (Å²) in [6.07, 6.45) is 2.15. The topological polar surface area (TPSA) is 89.3 Å². The third kappa shape index (κ3) is 4.57. The summed E-state index contributed by atoms with van der Waals surface area (Å²) in [5.41, 5.74) is -0.244. The number of hydrogen-bond acceptors (Lipinski definition) is 4. The van der Waals surface area contributed by atoms with Crippen molar-refractivity contribution in [1.29, 1.82) is 0 Å². The number of carbonyl (C=O) groups excluding carboxylic acids is 1. The van der Waals surface area contributed by atoms with Crippen LogP contribution in [0.5, 0.6) is 0 Å².